The Hall–Kier alpha value is -3.17. The van der Waals surface area contributed by atoms with Gasteiger partial charge in [0.2, 0.25) is 0 Å². The second-order valence-electron chi connectivity index (χ2n) is 7.21. The zero-order valence-electron chi connectivity index (χ0n) is 17.9. The molecule has 0 aliphatic carbocycles. The van der Waals surface area contributed by atoms with Crippen LogP contribution in [0.1, 0.15) is 23.6 Å². The van der Waals surface area contributed by atoms with Gasteiger partial charge in [-0.3, -0.25) is 18.9 Å². The minimum atomic E-state index is -0.241. The van der Waals surface area contributed by atoms with Crippen LogP contribution in [0.4, 0.5) is 5.82 Å². The van der Waals surface area contributed by atoms with Crippen molar-refractivity contribution >= 4 is 51.7 Å². The van der Waals surface area contributed by atoms with E-state index in [0.717, 1.165) is 16.9 Å². The lowest BCUT2D eigenvalue weighted by Crippen LogP contribution is -2.27. The minimum Gasteiger partial charge on any atom is -0.497 e. The molecule has 9 heteroatoms. The number of nitrogens with one attached hydrogen (secondary N) is 1. The molecule has 164 valence electrons. The Morgan fingerprint density at radius 2 is 1.97 bits per heavy atom. The molecule has 0 unspecified atom stereocenters. The second kappa shape index (κ2) is 9.13. The van der Waals surface area contributed by atoms with E-state index in [1.807, 2.05) is 44.2 Å². The zero-order chi connectivity index (χ0) is 22.8. The van der Waals surface area contributed by atoms with Crippen LogP contribution >= 0.6 is 24.0 Å². The third kappa shape index (κ3) is 4.13. The SMILES string of the molecule is CCNc1nc2c(C)cccn2c(=O)c1C=C1SC(=S)N(Cc2ccc(OC)cc2)C1=O. The highest BCUT2D eigenvalue weighted by molar-refractivity contribution is 8.26. The summed E-state index contributed by atoms with van der Waals surface area (Å²) in [4.78, 5) is 32.9. The average Bonchev–Trinajstić information content (AvgIpc) is 3.05. The summed E-state index contributed by atoms with van der Waals surface area (Å²) in [5.41, 5.74) is 2.49. The molecule has 1 N–H and O–H groups in total. The van der Waals surface area contributed by atoms with Gasteiger partial charge in [-0.1, -0.05) is 42.2 Å². The molecule has 3 heterocycles. The Bertz CT molecular complexity index is 1300. The van der Waals surface area contributed by atoms with Crippen molar-refractivity contribution in [2.24, 2.45) is 0 Å². The Morgan fingerprint density at radius 1 is 1.22 bits per heavy atom. The molecule has 1 aliphatic heterocycles. The molecule has 0 atom stereocenters. The van der Waals surface area contributed by atoms with Crippen molar-refractivity contribution in [1.82, 2.24) is 14.3 Å². The lowest BCUT2D eigenvalue weighted by Gasteiger charge is -2.14. The number of ether oxygens (including phenoxy) is 1. The third-order valence-corrected chi connectivity index (χ3v) is 6.46. The molecule has 1 fully saturated rings. The molecule has 1 aromatic carbocycles. The van der Waals surface area contributed by atoms with Crippen LogP contribution in [0, 0.1) is 6.92 Å². The second-order valence-corrected chi connectivity index (χ2v) is 8.89. The molecule has 7 nitrogen and oxygen atoms in total. The van der Waals surface area contributed by atoms with Gasteiger partial charge in [-0.15, -0.1) is 0 Å². The Balaban J connectivity index is 1.71. The number of pyridine rings is 1. The molecular formula is C23H22N4O3S2. The van der Waals surface area contributed by atoms with Gasteiger partial charge in [0.05, 0.1) is 24.1 Å². The minimum absolute atomic E-state index is 0.230. The Kier molecular flexibility index (Phi) is 6.29. The van der Waals surface area contributed by atoms with E-state index in [9.17, 15) is 9.59 Å². The summed E-state index contributed by atoms with van der Waals surface area (Å²) in [7, 11) is 1.61. The number of thiocarbonyl (C=S) groups is 1. The number of thioether (sulfide) groups is 1. The molecule has 0 bridgehead atoms. The van der Waals surface area contributed by atoms with Gasteiger partial charge >= 0.3 is 0 Å². The van der Waals surface area contributed by atoms with Gasteiger partial charge in [0.1, 0.15) is 21.5 Å². The lowest BCUT2D eigenvalue weighted by molar-refractivity contribution is -0.122. The Labute approximate surface area is 195 Å². The van der Waals surface area contributed by atoms with Crippen molar-refractivity contribution in [3.63, 3.8) is 0 Å². The maximum atomic E-state index is 13.2. The molecule has 0 saturated carbocycles. The van der Waals surface area contributed by atoms with Gasteiger partial charge in [0.25, 0.3) is 11.5 Å². The van der Waals surface area contributed by atoms with Crippen molar-refractivity contribution in [2.75, 3.05) is 19.0 Å². The number of fused-ring (bicyclic) bond motifs is 1. The fourth-order valence-corrected chi connectivity index (χ4v) is 4.66. The highest BCUT2D eigenvalue weighted by Gasteiger charge is 2.32. The fourth-order valence-electron chi connectivity index (χ4n) is 3.42. The van der Waals surface area contributed by atoms with Crippen LogP contribution in [0.3, 0.4) is 0 Å². The van der Waals surface area contributed by atoms with Gasteiger partial charge in [-0.25, -0.2) is 4.98 Å². The first-order valence-corrected chi connectivity index (χ1v) is 11.3. The summed E-state index contributed by atoms with van der Waals surface area (Å²) in [6, 6.07) is 11.2. The van der Waals surface area contributed by atoms with E-state index in [0.29, 0.717) is 39.3 Å². The van der Waals surface area contributed by atoms with E-state index in [2.05, 4.69) is 10.3 Å². The predicted molar refractivity (Wildman–Crippen MR) is 132 cm³/mol. The van der Waals surface area contributed by atoms with Crippen LogP contribution in [0.15, 0.2) is 52.3 Å². The van der Waals surface area contributed by atoms with Crippen LogP contribution in [-0.2, 0) is 11.3 Å². The van der Waals surface area contributed by atoms with Crippen LogP contribution in [-0.4, -0.2) is 38.2 Å². The summed E-state index contributed by atoms with van der Waals surface area (Å²) in [5, 5.41) is 3.15. The number of hydrogen-bond donors (Lipinski definition) is 1. The van der Waals surface area contributed by atoms with Crippen LogP contribution in [0.25, 0.3) is 11.7 Å². The van der Waals surface area contributed by atoms with Gasteiger partial charge in [-0.2, -0.15) is 0 Å². The molecule has 0 radical (unpaired) electrons. The molecule has 1 aliphatic rings. The quantitative estimate of drug-likeness (QED) is 0.437. The van der Waals surface area contributed by atoms with Crippen molar-refractivity contribution in [3.8, 4) is 5.75 Å². The maximum absolute atomic E-state index is 13.2. The number of aromatic nitrogens is 2. The first-order valence-electron chi connectivity index (χ1n) is 10.1. The molecule has 0 spiro atoms. The number of nitrogens with zero attached hydrogens (tertiary/aromatic N) is 3. The van der Waals surface area contributed by atoms with E-state index >= 15 is 0 Å². The van der Waals surface area contributed by atoms with Crippen LogP contribution < -0.4 is 15.6 Å². The summed E-state index contributed by atoms with van der Waals surface area (Å²) in [6.07, 6.45) is 3.27. The largest absolute Gasteiger partial charge is 0.497 e. The van der Waals surface area contributed by atoms with Crippen molar-refractivity contribution in [1.29, 1.82) is 0 Å². The van der Waals surface area contributed by atoms with E-state index in [4.69, 9.17) is 17.0 Å². The van der Waals surface area contributed by atoms with Gasteiger partial charge in [0.15, 0.2) is 0 Å². The smallest absolute Gasteiger partial charge is 0.267 e. The van der Waals surface area contributed by atoms with Gasteiger partial charge < -0.3 is 10.1 Å². The summed E-state index contributed by atoms with van der Waals surface area (Å²) in [5.74, 6) is 0.966. The number of benzene rings is 1. The van der Waals surface area contributed by atoms with Gasteiger partial charge in [0, 0.05) is 12.7 Å². The lowest BCUT2D eigenvalue weighted by atomic mass is 10.2. The number of anilines is 1. The molecular weight excluding hydrogens is 444 g/mol. The summed E-state index contributed by atoms with van der Waals surface area (Å²) in [6.45, 7) is 4.77. The number of methoxy groups -OCH3 is 1. The number of carbonyl (C=O) groups excluding carboxylic acids is 1. The fraction of sp³-hybridized carbons (Fsp3) is 0.217. The summed E-state index contributed by atoms with van der Waals surface area (Å²) < 4.78 is 7.13. The standard InChI is InChI=1S/C23H22N4O3S2/c1-4-24-19-17(21(28)26-11-5-6-14(2)20(26)25-19)12-18-22(29)27(23(31)32-18)13-15-7-9-16(30-3)10-8-15/h5-12,24H,4,13H2,1-3H3. The highest BCUT2D eigenvalue weighted by atomic mass is 32.2. The van der Waals surface area contributed by atoms with E-state index in [1.165, 1.54) is 21.1 Å². The normalized spacial score (nSPS) is 15.1. The molecule has 2 aromatic heterocycles. The van der Waals surface area contributed by atoms with Crippen molar-refractivity contribution < 1.29 is 9.53 Å². The monoisotopic (exact) mass is 466 g/mol. The number of aryl methyl sites for hydroxylation is 1. The average molecular weight is 467 g/mol. The number of hydrogen-bond acceptors (Lipinski definition) is 7. The van der Waals surface area contributed by atoms with Crippen LogP contribution in [0.5, 0.6) is 5.75 Å². The molecule has 1 saturated heterocycles. The predicted octanol–water partition coefficient (Wildman–Crippen LogP) is 3.84. The summed E-state index contributed by atoms with van der Waals surface area (Å²) >= 11 is 6.65. The molecule has 3 aromatic rings. The van der Waals surface area contributed by atoms with E-state index in [-0.39, 0.29) is 11.5 Å². The molecule has 4 rings (SSSR count). The van der Waals surface area contributed by atoms with Gasteiger partial charge in [-0.05, 0) is 49.2 Å². The highest BCUT2D eigenvalue weighted by Crippen LogP contribution is 2.34. The van der Waals surface area contributed by atoms with E-state index < -0.39 is 0 Å². The first kappa shape index (κ1) is 22.0. The molecule has 32 heavy (non-hydrogen) atoms. The maximum Gasteiger partial charge on any atom is 0.267 e. The number of amides is 1. The number of carbonyl (C=O) groups is 1. The third-order valence-electron chi connectivity index (χ3n) is 5.08. The molecule has 1 amide bonds. The van der Waals surface area contributed by atoms with Crippen LogP contribution in [0.2, 0.25) is 0 Å². The van der Waals surface area contributed by atoms with Crippen molar-refractivity contribution in [2.45, 2.75) is 20.4 Å². The van der Waals surface area contributed by atoms with E-state index in [1.54, 1.807) is 25.4 Å². The topological polar surface area (TPSA) is 75.9 Å². The zero-order valence-corrected chi connectivity index (χ0v) is 19.5. The Morgan fingerprint density at radius 3 is 2.66 bits per heavy atom. The first-order chi connectivity index (χ1) is 15.4. The van der Waals surface area contributed by atoms with Crippen molar-refractivity contribution in [3.05, 3.63) is 74.5 Å². The number of rotatable bonds is 6.